The minimum absolute atomic E-state index is 0.0620. The second kappa shape index (κ2) is 8.14. The molecule has 2 heterocycles. The molecule has 1 saturated heterocycles. The molecule has 26 heavy (non-hydrogen) atoms. The van der Waals surface area contributed by atoms with Crippen LogP contribution >= 0.6 is 11.3 Å². The Kier molecular flexibility index (Phi) is 5.68. The minimum atomic E-state index is -0.590. The lowest BCUT2D eigenvalue weighted by Crippen LogP contribution is -2.27. The van der Waals surface area contributed by atoms with Gasteiger partial charge in [0.15, 0.2) is 6.61 Å². The molecule has 3 rings (SSSR count). The number of rotatable bonds is 7. The van der Waals surface area contributed by atoms with Crippen LogP contribution in [0.25, 0.3) is 0 Å². The molecule has 0 radical (unpaired) electrons. The Morgan fingerprint density at radius 3 is 2.77 bits per heavy atom. The van der Waals surface area contributed by atoms with Gasteiger partial charge in [0, 0.05) is 13.0 Å². The second-order valence-corrected chi connectivity index (χ2v) is 6.76. The van der Waals surface area contributed by atoms with E-state index < -0.39 is 11.9 Å². The molecule has 1 atom stereocenters. The molecule has 7 heteroatoms. The van der Waals surface area contributed by atoms with Gasteiger partial charge in [0.1, 0.15) is 5.75 Å². The van der Waals surface area contributed by atoms with Crippen LogP contribution in [0.5, 0.6) is 5.75 Å². The van der Waals surface area contributed by atoms with Crippen LogP contribution in [-0.4, -0.2) is 37.4 Å². The second-order valence-electron chi connectivity index (χ2n) is 5.81. The summed E-state index contributed by atoms with van der Waals surface area (Å²) in [5, 5.41) is 1.79. The van der Waals surface area contributed by atoms with Gasteiger partial charge in [0.05, 0.1) is 23.1 Å². The van der Waals surface area contributed by atoms with Crippen LogP contribution in [-0.2, 0) is 14.3 Å². The average Bonchev–Trinajstić information content (AvgIpc) is 3.30. The lowest BCUT2D eigenvalue weighted by molar-refractivity contribution is -0.147. The van der Waals surface area contributed by atoms with E-state index >= 15 is 0 Å². The van der Waals surface area contributed by atoms with Crippen LogP contribution < -0.4 is 9.64 Å². The van der Waals surface area contributed by atoms with Crippen LogP contribution in [0.3, 0.4) is 0 Å². The van der Waals surface area contributed by atoms with Crippen LogP contribution in [0.4, 0.5) is 5.69 Å². The summed E-state index contributed by atoms with van der Waals surface area (Å²) in [6.07, 6.45) is 0.0620. The number of ketones is 1. The Morgan fingerprint density at radius 1 is 1.23 bits per heavy atom. The Bertz CT molecular complexity index is 802. The first-order chi connectivity index (χ1) is 12.6. The number of anilines is 1. The van der Waals surface area contributed by atoms with Gasteiger partial charge in [0.2, 0.25) is 11.7 Å². The standard InChI is InChI=1S/C19H19NO5S/c1-2-24-16-7-4-3-6-14(16)20-11-13(10-18(20)22)19(23)25-12-15(21)17-8-5-9-26-17/h3-9,13H,2,10-12H2,1H3/t13-/m0/s1. The number of esters is 1. The van der Waals surface area contributed by atoms with Gasteiger partial charge in [-0.1, -0.05) is 18.2 Å². The predicted octanol–water partition coefficient (Wildman–Crippen LogP) is 2.93. The molecule has 0 spiro atoms. The highest BCUT2D eigenvalue weighted by Gasteiger charge is 2.37. The Hall–Kier alpha value is -2.67. The van der Waals surface area contributed by atoms with Crippen molar-refractivity contribution in [2.24, 2.45) is 5.92 Å². The topological polar surface area (TPSA) is 72.9 Å². The van der Waals surface area contributed by atoms with Crippen molar-refractivity contribution in [2.45, 2.75) is 13.3 Å². The van der Waals surface area contributed by atoms with Crippen molar-refractivity contribution in [3.8, 4) is 5.75 Å². The number of thiophene rings is 1. The normalized spacial score (nSPS) is 16.6. The molecule has 1 aliphatic heterocycles. The van der Waals surface area contributed by atoms with Gasteiger partial charge >= 0.3 is 5.97 Å². The molecule has 1 fully saturated rings. The molecule has 1 aliphatic rings. The van der Waals surface area contributed by atoms with Crippen molar-refractivity contribution in [1.29, 1.82) is 0 Å². The Morgan fingerprint density at radius 2 is 2.04 bits per heavy atom. The smallest absolute Gasteiger partial charge is 0.311 e. The molecule has 0 saturated carbocycles. The zero-order valence-electron chi connectivity index (χ0n) is 14.3. The molecule has 2 aromatic rings. The van der Waals surface area contributed by atoms with Gasteiger partial charge < -0.3 is 14.4 Å². The van der Waals surface area contributed by atoms with E-state index in [0.717, 1.165) is 0 Å². The van der Waals surface area contributed by atoms with Crippen LogP contribution in [0.2, 0.25) is 0 Å². The largest absolute Gasteiger partial charge is 0.492 e. The van der Waals surface area contributed by atoms with E-state index in [1.165, 1.54) is 16.2 Å². The highest BCUT2D eigenvalue weighted by molar-refractivity contribution is 7.12. The molecule has 6 nitrogen and oxygen atoms in total. The number of nitrogens with zero attached hydrogens (tertiary/aromatic N) is 1. The number of hydrogen-bond donors (Lipinski definition) is 0. The molecule has 1 aromatic heterocycles. The van der Waals surface area contributed by atoms with Crippen molar-refractivity contribution in [3.63, 3.8) is 0 Å². The molecule has 136 valence electrons. The summed E-state index contributed by atoms with van der Waals surface area (Å²) in [7, 11) is 0. The zero-order chi connectivity index (χ0) is 18.5. The number of carbonyl (C=O) groups is 3. The van der Waals surface area contributed by atoms with Crippen molar-refractivity contribution < 1.29 is 23.9 Å². The number of amides is 1. The summed E-state index contributed by atoms with van der Waals surface area (Å²) >= 11 is 1.30. The Labute approximate surface area is 155 Å². The van der Waals surface area contributed by atoms with Crippen LogP contribution in [0.1, 0.15) is 23.0 Å². The fourth-order valence-electron chi connectivity index (χ4n) is 2.82. The van der Waals surface area contributed by atoms with E-state index in [2.05, 4.69) is 0 Å². The molecular weight excluding hydrogens is 354 g/mol. The van der Waals surface area contributed by atoms with E-state index in [1.54, 1.807) is 29.6 Å². The highest BCUT2D eigenvalue weighted by atomic mass is 32.1. The number of carbonyl (C=O) groups excluding carboxylic acids is 3. The van der Waals surface area contributed by atoms with Gasteiger partial charge in [-0.15, -0.1) is 11.3 Å². The van der Waals surface area contributed by atoms with Crippen molar-refractivity contribution >= 4 is 34.7 Å². The lowest BCUT2D eigenvalue weighted by atomic mass is 10.1. The van der Waals surface area contributed by atoms with Crippen molar-refractivity contribution in [3.05, 3.63) is 46.7 Å². The highest BCUT2D eigenvalue weighted by Crippen LogP contribution is 2.33. The third-order valence-corrected chi connectivity index (χ3v) is 4.97. The summed E-state index contributed by atoms with van der Waals surface area (Å²) in [5.74, 6) is -0.918. The number of para-hydroxylation sites is 2. The fourth-order valence-corrected chi connectivity index (χ4v) is 3.47. The molecular formula is C19H19NO5S. The van der Waals surface area contributed by atoms with Crippen molar-refractivity contribution in [2.75, 3.05) is 24.7 Å². The Balaban J connectivity index is 1.62. The monoisotopic (exact) mass is 373 g/mol. The molecule has 0 aliphatic carbocycles. The maximum Gasteiger partial charge on any atom is 0.311 e. The van der Waals surface area contributed by atoms with Gasteiger partial charge in [-0.05, 0) is 30.5 Å². The summed E-state index contributed by atoms with van der Waals surface area (Å²) in [6, 6.07) is 10.7. The van der Waals surface area contributed by atoms with Crippen molar-refractivity contribution in [1.82, 2.24) is 0 Å². The SMILES string of the molecule is CCOc1ccccc1N1C[C@@H](C(=O)OCC(=O)c2cccs2)CC1=O. The number of benzene rings is 1. The van der Waals surface area contributed by atoms with E-state index in [-0.39, 0.29) is 31.3 Å². The average molecular weight is 373 g/mol. The minimum Gasteiger partial charge on any atom is -0.492 e. The predicted molar refractivity (Wildman–Crippen MR) is 97.7 cm³/mol. The number of Topliss-reactive ketones (excluding diaryl/α,β-unsaturated/α-hetero) is 1. The molecule has 0 bridgehead atoms. The van der Waals surface area contributed by atoms with Crippen LogP contribution in [0, 0.1) is 5.92 Å². The quantitative estimate of drug-likeness (QED) is 0.551. The van der Waals surface area contributed by atoms with Gasteiger partial charge in [-0.25, -0.2) is 0 Å². The number of hydrogen-bond acceptors (Lipinski definition) is 6. The molecule has 0 unspecified atom stereocenters. The third kappa shape index (κ3) is 3.94. The van der Waals surface area contributed by atoms with E-state index in [9.17, 15) is 14.4 Å². The summed E-state index contributed by atoms with van der Waals surface area (Å²) in [6.45, 7) is 2.26. The van der Waals surface area contributed by atoms with Gasteiger partial charge in [-0.3, -0.25) is 14.4 Å². The van der Waals surface area contributed by atoms with E-state index in [0.29, 0.717) is 22.9 Å². The number of ether oxygens (including phenoxy) is 2. The molecule has 1 aromatic carbocycles. The third-order valence-electron chi connectivity index (χ3n) is 4.06. The molecule has 1 amide bonds. The van der Waals surface area contributed by atoms with E-state index in [4.69, 9.17) is 9.47 Å². The summed E-state index contributed by atoms with van der Waals surface area (Å²) in [4.78, 5) is 38.7. The lowest BCUT2D eigenvalue weighted by Gasteiger charge is -2.19. The zero-order valence-corrected chi connectivity index (χ0v) is 15.2. The maximum atomic E-state index is 12.4. The first-order valence-corrected chi connectivity index (χ1v) is 9.23. The summed E-state index contributed by atoms with van der Waals surface area (Å²) < 4.78 is 10.7. The molecule has 0 N–H and O–H groups in total. The summed E-state index contributed by atoms with van der Waals surface area (Å²) in [5.41, 5.74) is 0.643. The maximum absolute atomic E-state index is 12.4. The van der Waals surface area contributed by atoms with Gasteiger partial charge in [0.25, 0.3) is 0 Å². The fraction of sp³-hybridized carbons (Fsp3) is 0.316. The van der Waals surface area contributed by atoms with E-state index in [1.807, 2.05) is 19.1 Å². The first kappa shape index (κ1) is 18.1. The van der Waals surface area contributed by atoms with Crippen LogP contribution in [0.15, 0.2) is 41.8 Å². The van der Waals surface area contributed by atoms with Gasteiger partial charge in [-0.2, -0.15) is 0 Å². The first-order valence-electron chi connectivity index (χ1n) is 8.35.